The second kappa shape index (κ2) is 10.1. The van der Waals surface area contributed by atoms with Crippen LogP contribution in [0.25, 0.3) is 10.9 Å². The lowest BCUT2D eigenvalue weighted by Gasteiger charge is -2.32. The Morgan fingerprint density at radius 2 is 1.97 bits per heavy atom. The maximum absolute atomic E-state index is 12.7. The highest BCUT2D eigenvalue weighted by Gasteiger charge is 2.43. The standard InChI is InChI=1S/C25H23F3N4O3/c1-3-16-6-5-7-17(12-16)31-23-19-13-22(21(34-4-2)14-20(19)29-15-30-23)35-18-8-10-32(11-9-18)24(33)25(26,27)28/h1,5-7,12-15,18H,4,8-11H2,2H3,(H,29,30,31). The lowest BCUT2D eigenvalue weighted by molar-refractivity contribution is -0.187. The molecule has 4 rings (SSSR count). The van der Waals surface area contributed by atoms with Crippen LogP contribution in [0.5, 0.6) is 11.5 Å². The number of terminal acetylenes is 1. The van der Waals surface area contributed by atoms with Crippen LogP contribution in [0.1, 0.15) is 25.3 Å². The molecule has 0 atom stereocenters. The summed E-state index contributed by atoms with van der Waals surface area (Å²) in [6.07, 6.45) is 2.20. The molecule has 0 unspecified atom stereocenters. The number of aromatic nitrogens is 2. The summed E-state index contributed by atoms with van der Waals surface area (Å²) in [5.74, 6) is 2.19. The summed E-state index contributed by atoms with van der Waals surface area (Å²) in [6, 6.07) is 10.8. The van der Waals surface area contributed by atoms with Crippen LogP contribution in [-0.4, -0.2) is 52.8 Å². The summed E-state index contributed by atoms with van der Waals surface area (Å²) < 4.78 is 50.1. The number of halogens is 3. The van der Waals surface area contributed by atoms with E-state index in [9.17, 15) is 18.0 Å². The summed E-state index contributed by atoms with van der Waals surface area (Å²) in [5.41, 5.74) is 2.09. The number of ether oxygens (including phenoxy) is 2. The maximum atomic E-state index is 12.7. The van der Waals surface area contributed by atoms with Crippen LogP contribution >= 0.6 is 0 Å². The van der Waals surface area contributed by atoms with Crippen molar-refractivity contribution in [1.29, 1.82) is 0 Å². The molecule has 10 heteroatoms. The van der Waals surface area contributed by atoms with Crippen molar-refractivity contribution in [3.05, 3.63) is 48.3 Å². The third-order valence-electron chi connectivity index (χ3n) is 5.56. The van der Waals surface area contributed by atoms with Gasteiger partial charge in [-0.15, -0.1) is 6.42 Å². The Bertz CT molecular complexity index is 1270. The first-order valence-electron chi connectivity index (χ1n) is 11.1. The Labute approximate surface area is 200 Å². The van der Waals surface area contributed by atoms with Crippen LogP contribution in [0.2, 0.25) is 0 Å². The van der Waals surface area contributed by atoms with Gasteiger partial charge in [0.15, 0.2) is 11.5 Å². The highest BCUT2D eigenvalue weighted by molar-refractivity contribution is 5.93. The highest BCUT2D eigenvalue weighted by Crippen LogP contribution is 2.36. The van der Waals surface area contributed by atoms with E-state index >= 15 is 0 Å². The molecular formula is C25H23F3N4O3. The normalized spacial score (nSPS) is 14.4. The van der Waals surface area contributed by atoms with Gasteiger partial charge in [-0.2, -0.15) is 13.2 Å². The molecule has 0 spiro atoms. The van der Waals surface area contributed by atoms with Crippen LogP contribution in [-0.2, 0) is 4.79 Å². The zero-order valence-electron chi connectivity index (χ0n) is 18.9. The quantitative estimate of drug-likeness (QED) is 0.512. The Hall–Kier alpha value is -4.00. The minimum Gasteiger partial charge on any atom is -0.490 e. The molecule has 182 valence electrons. The first kappa shape index (κ1) is 24.1. The molecule has 1 N–H and O–H groups in total. The van der Waals surface area contributed by atoms with E-state index in [-0.39, 0.29) is 32.0 Å². The molecule has 1 aliphatic heterocycles. The van der Waals surface area contributed by atoms with Gasteiger partial charge in [-0.05, 0) is 31.2 Å². The van der Waals surface area contributed by atoms with E-state index in [2.05, 4.69) is 21.2 Å². The number of rotatable bonds is 6. The van der Waals surface area contributed by atoms with Crippen LogP contribution in [0.4, 0.5) is 24.7 Å². The van der Waals surface area contributed by atoms with Gasteiger partial charge in [-0.25, -0.2) is 9.97 Å². The van der Waals surface area contributed by atoms with Crippen molar-refractivity contribution in [1.82, 2.24) is 14.9 Å². The average molecular weight is 484 g/mol. The molecular weight excluding hydrogens is 461 g/mol. The molecule has 2 aromatic carbocycles. The van der Waals surface area contributed by atoms with Crippen molar-refractivity contribution in [2.75, 3.05) is 25.0 Å². The number of piperidine rings is 1. The first-order valence-corrected chi connectivity index (χ1v) is 11.1. The minimum absolute atomic E-state index is 0.0397. The molecule has 35 heavy (non-hydrogen) atoms. The molecule has 1 fully saturated rings. The summed E-state index contributed by atoms with van der Waals surface area (Å²) in [7, 11) is 0. The fourth-order valence-corrected chi connectivity index (χ4v) is 3.88. The molecule has 1 aliphatic rings. The Balaban J connectivity index is 1.58. The number of hydrogen-bond donors (Lipinski definition) is 1. The van der Waals surface area contributed by atoms with Crippen molar-refractivity contribution < 1.29 is 27.4 Å². The number of fused-ring (bicyclic) bond motifs is 1. The van der Waals surface area contributed by atoms with E-state index in [0.29, 0.717) is 40.4 Å². The molecule has 0 radical (unpaired) electrons. The number of benzene rings is 2. The molecule has 2 heterocycles. The monoisotopic (exact) mass is 484 g/mol. The zero-order valence-corrected chi connectivity index (χ0v) is 18.9. The largest absolute Gasteiger partial charge is 0.490 e. The van der Waals surface area contributed by atoms with Gasteiger partial charge in [0.25, 0.3) is 0 Å². The van der Waals surface area contributed by atoms with Gasteiger partial charge in [-0.3, -0.25) is 4.79 Å². The number of hydrogen-bond acceptors (Lipinski definition) is 6. The third-order valence-corrected chi connectivity index (χ3v) is 5.56. The molecule has 1 amide bonds. The molecule has 0 aliphatic carbocycles. The smallest absolute Gasteiger partial charge is 0.471 e. The number of carbonyl (C=O) groups excluding carboxylic acids is 1. The Kier molecular flexibility index (Phi) is 6.96. The van der Waals surface area contributed by atoms with Gasteiger partial charge in [0.2, 0.25) is 0 Å². The molecule has 1 aromatic heterocycles. The van der Waals surface area contributed by atoms with Gasteiger partial charge in [0.1, 0.15) is 18.2 Å². The van der Waals surface area contributed by atoms with E-state index in [1.54, 1.807) is 12.1 Å². The molecule has 0 bridgehead atoms. The fourth-order valence-electron chi connectivity index (χ4n) is 3.88. The molecule has 3 aromatic rings. The number of carbonyl (C=O) groups is 1. The fraction of sp³-hybridized carbons (Fsp3) is 0.320. The minimum atomic E-state index is -4.88. The van der Waals surface area contributed by atoms with Gasteiger partial charge in [0, 0.05) is 48.6 Å². The molecule has 1 saturated heterocycles. The van der Waals surface area contributed by atoms with Crippen molar-refractivity contribution in [3.8, 4) is 23.8 Å². The SMILES string of the molecule is C#Cc1cccc(Nc2ncnc3cc(OCC)c(OC4CCN(C(=O)C(F)(F)F)CC4)cc23)c1. The van der Waals surface area contributed by atoms with E-state index in [1.807, 2.05) is 31.2 Å². The van der Waals surface area contributed by atoms with Gasteiger partial charge in [-0.1, -0.05) is 12.0 Å². The molecule has 7 nitrogen and oxygen atoms in total. The summed E-state index contributed by atoms with van der Waals surface area (Å²) in [5, 5.41) is 3.91. The topological polar surface area (TPSA) is 76.6 Å². The van der Waals surface area contributed by atoms with Crippen molar-refractivity contribution in [2.45, 2.75) is 32.0 Å². The highest BCUT2D eigenvalue weighted by atomic mass is 19.4. The van der Waals surface area contributed by atoms with Crippen molar-refractivity contribution in [2.24, 2.45) is 0 Å². The van der Waals surface area contributed by atoms with E-state index < -0.39 is 12.1 Å². The number of nitrogens with zero attached hydrogens (tertiary/aromatic N) is 3. The number of alkyl halides is 3. The number of anilines is 2. The second-order valence-electron chi connectivity index (χ2n) is 7.93. The Morgan fingerprint density at radius 1 is 1.20 bits per heavy atom. The predicted molar refractivity (Wildman–Crippen MR) is 125 cm³/mol. The Morgan fingerprint density at radius 3 is 2.66 bits per heavy atom. The van der Waals surface area contributed by atoms with Gasteiger partial charge in [0.05, 0.1) is 12.1 Å². The van der Waals surface area contributed by atoms with E-state index in [1.165, 1.54) is 6.33 Å². The van der Waals surface area contributed by atoms with Crippen LogP contribution < -0.4 is 14.8 Å². The maximum Gasteiger partial charge on any atom is 0.471 e. The molecule has 0 saturated carbocycles. The summed E-state index contributed by atoms with van der Waals surface area (Å²) >= 11 is 0. The van der Waals surface area contributed by atoms with Crippen molar-refractivity contribution in [3.63, 3.8) is 0 Å². The number of nitrogens with one attached hydrogen (secondary N) is 1. The predicted octanol–water partition coefficient (Wildman–Crippen LogP) is 4.69. The number of likely N-dealkylation sites (tertiary alicyclic amines) is 1. The van der Waals surface area contributed by atoms with Gasteiger partial charge < -0.3 is 19.7 Å². The lowest BCUT2D eigenvalue weighted by Crippen LogP contribution is -2.47. The van der Waals surface area contributed by atoms with Crippen molar-refractivity contribution >= 4 is 28.3 Å². The average Bonchev–Trinajstić information content (AvgIpc) is 2.84. The van der Waals surface area contributed by atoms with Crippen LogP contribution in [0, 0.1) is 12.3 Å². The third kappa shape index (κ3) is 5.57. The zero-order chi connectivity index (χ0) is 25.0. The van der Waals surface area contributed by atoms with E-state index in [4.69, 9.17) is 15.9 Å². The van der Waals surface area contributed by atoms with Crippen LogP contribution in [0.15, 0.2) is 42.7 Å². The second-order valence-corrected chi connectivity index (χ2v) is 7.93. The summed E-state index contributed by atoms with van der Waals surface area (Å²) in [6.45, 7) is 2.14. The summed E-state index contributed by atoms with van der Waals surface area (Å²) in [4.78, 5) is 21.0. The van der Waals surface area contributed by atoms with Crippen LogP contribution in [0.3, 0.4) is 0 Å². The van der Waals surface area contributed by atoms with E-state index in [0.717, 1.165) is 10.6 Å². The first-order chi connectivity index (χ1) is 16.8. The van der Waals surface area contributed by atoms with Gasteiger partial charge >= 0.3 is 12.1 Å². The number of amides is 1. The lowest BCUT2D eigenvalue weighted by atomic mass is 10.1.